The Bertz CT molecular complexity index is 621. The summed E-state index contributed by atoms with van der Waals surface area (Å²) < 4.78 is 27.3. The Hall–Kier alpha value is -1.65. The maximum Gasteiger partial charge on any atom is 0.164 e. The Labute approximate surface area is 121 Å². The zero-order valence-corrected chi connectivity index (χ0v) is 11.6. The normalized spacial score (nSPS) is 13.8. The van der Waals surface area contributed by atoms with Crippen LogP contribution in [0.5, 0.6) is 0 Å². The second-order valence-corrected chi connectivity index (χ2v) is 5.10. The lowest BCUT2D eigenvalue weighted by Crippen LogP contribution is -2.37. The number of anilines is 1. The van der Waals surface area contributed by atoms with E-state index in [1.807, 2.05) is 0 Å². The highest BCUT2D eigenvalue weighted by Crippen LogP contribution is 2.31. The molecule has 0 aliphatic carbocycles. The second-order valence-electron chi connectivity index (χ2n) is 4.70. The first kappa shape index (κ1) is 14.8. The van der Waals surface area contributed by atoms with Gasteiger partial charge in [-0.2, -0.15) is 0 Å². The van der Waals surface area contributed by atoms with Gasteiger partial charge in [-0.15, -0.1) is 0 Å². The average Bonchev–Trinajstić information content (AvgIpc) is 2.44. The van der Waals surface area contributed by atoms with Crippen LogP contribution in [0.3, 0.4) is 0 Å². The third-order valence-electron chi connectivity index (χ3n) is 3.15. The molecule has 5 heteroatoms. The number of benzene rings is 2. The number of rotatable bonds is 4. The van der Waals surface area contributed by atoms with Gasteiger partial charge < -0.3 is 10.4 Å². The van der Waals surface area contributed by atoms with Crippen molar-refractivity contribution in [1.29, 1.82) is 0 Å². The molecule has 0 bridgehead atoms. The molecule has 2 nitrogen and oxygen atoms in total. The van der Waals surface area contributed by atoms with E-state index in [4.69, 9.17) is 11.6 Å². The summed E-state index contributed by atoms with van der Waals surface area (Å²) in [5, 5.41) is 13.0. The minimum atomic E-state index is -1.18. The molecule has 0 radical (unpaired) electrons. The zero-order valence-electron chi connectivity index (χ0n) is 10.8. The van der Waals surface area contributed by atoms with Crippen LogP contribution in [0.2, 0.25) is 5.02 Å². The van der Waals surface area contributed by atoms with Gasteiger partial charge in [-0.1, -0.05) is 35.9 Å². The Morgan fingerprint density at radius 3 is 2.50 bits per heavy atom. The number of aliphatic hydroxyl groups excluding tert-OH is 1. The van der Waals surface area contributed by atoms with E-state index >= 15 is 0 Å². The van der Waals surface area contributed by atoms with E-state index in [9.17, 15) is 13.9 Å². The standard InChI is InChI=1S/C15H14ClF2NO/c1-15(9-20,10-5-4-7-12(17)14(10)18)19-13-8-3-2-6-11(13)16/h2-8,19-20H,9H2,1H3. The number of aliphatic hydroxyl groups is 1. The van der Waals surface area contributed by atoms with Gasteiger partial charge in [0.25, 0.3) is 0 Å². The SMILES string of the molecule is CC(CO)(Nc1ccccc1Cl)c1cccc(F)c1F. The van der Waals surface area contributed by atoms with Crippen LogP contribution in [0, 0.1) is 11.6 Å². The summed E-state index contributed by atoms with van der Waals surface area (Å²) in [5.41, 5.74) is -0.605. The van der Waals surface area contributed by atoms with Crippen LogP contribution in [0.1, 0.15) is 12.5 Å². The minimum absolute atomic E-state index is 0.0416. The third-order valence-corrected chi connectivity index (χ3v) is 3.48. The van der Waals surface area contributed by atoms with Crippen molar-refractivity contribution in [3.8, 4) is 0 Å². The maximum atomic E-state index is 13.9. The predicted molar refractivity (Wildman–Crippen MR) is 75.9 cm³/mol. The van der Waals surface area contributed by atoms with E-state index in [0.29, 0.717) is 10.7 Å². The number of nitrogens with one attached hydrogen (secondary N) is 1. The molecule has 0 fully saturated rings. The molecule has 1 unspecified atom stereocenters. The highest BCUT2D eigenvalue weighted by Gasteiger charge is 2.30. The first-order valence-corrected chi connectivity index (χ1v) is 6.44. The highest BCUT2D eigenvalue weighted by atomic mass is 35.5. The molecule has 0 aliphatic heterocycles. The van der Waals surface area contributed by atoms with Crippen molar-refractivity contribution in [2.75, 3.05) is 11.9 Å². The molecule has 20 heavy (non-hydrogen) atoms. The van der Waals surface area contributed by atoms with Gasteiger partial charge in [0.2, 0.25) is 0 Å². The van der Waals surface area contributed by atoms with E-state index in [1.54, 1.807) is 31.2 Å². The van der Waals surface area contributed by atoms with Crippen molar-refractivity contribution in [3.05, 3.63) is 64.7 Å². The largest absolute Gasteiger partial charge is 0.394 e. The molecule has 0 heterocycles. The molecule has 2 rings (SSSR count). The van der Waals surface area contributed by atoms with Crippen molar-refractivity contribution < 1.29 is 13.9 Å². The van der Waals surface area contributed by atoms with Crippen LogP contribution < -0.4 is 5.32 Å². The quantitative estimate of drug-likeness (QED) is 0.896. The molecule has 0 aliphatic rings. The van der Waals surface area contributed by atoms with Gasteiger partial charge >= 0.3 is 0 Å². The molecule has 2 aromatic carbocycles. The van der Waals surface area contributed by atoms with Gasteiger partial charge in [0.15, 0.2) is 11.6 Å². The topological polar surface area (TPSA) is 32.3 Å². The smallest absolute Gasteiger partial charge is 0.164 e. The molecule has 2 N–H and O–H groups in total. The first-order chi connectivity index (χ1) is 9.48. The van der Waals surface area contributed by atoms with Gasteiger partial charge in [-0.25, -0.2) is 8.78 Å². The second kappa shape index (κ2) is 5.77. The third kappa shape index (κ3) is 2.76. The Morgan fingerprint density at radius 2 is 1.85 bits per heavy atom. The predicted octanol–water partition coefficient (Wildman–Crippen LogP) is 3.94. The van der Waals surface area contributed by atoms with Crippen LogP contribution >= 0.6 is 11.6 Å². The summed E-state index contributed by atoms with van der Waals surface area (Å²) in [4.78, 5) is 0. The Kier molecular flexibility index (Phi) is 4.26. The van der Waals surface area contributed by atoms with Crippen molar-refractivity contribution in [2.24, 2.45) is 0 Å². The lowest BCUT2D eigenvalue weighted by atomic mass is 9.91. The molecule has 2 aromatic rings. The summed E-state index contributed by atoms with van der Waals surface area (Å²) in [6.07, 6.45) is 0. The molecule has 0 amide bonds. The fourth-order valence-corrected chi connectivity index (χ4v) is 2.16. The fourth-order valence-electron chi connectivity index (χ4n) is 1.98. The molecule has 0 spiro atoms. The fraction of sp³-hybridized carbons (Fsp3) is 0.200. The maximum absolute atomic E-state index is 13.9. The monoisotopic (exact) mass is 297 g/mol. The van der Waals surface area contributed by atoms with E-state index in [1.165, 1.54) is 12.1 Å². The van der Waals surface area contributed by atoms with Crippen molar-refractivity contribution in [2.45, 2.75) is 12.5 Å². The number of hydrogen-bond donors (Lipinski definition) is 2. The molecular weight excluding hydrogens is 284 g/mol. The van der Waals surface area contributed by atoms with Gasteiger partial charge in [0.1, 0.15) is 0 Å². The van der Waals surface area contributed by atoms with E-state index in [0.717, 1.165) is 6.07 Å². The summed E-state index contributed by atoms with van der Waals surface area (Å²) >= 11 is 6.03. The lowest BCUT2D eigenvalue weighted by molar-refractivity contribution is 0.219. The molecule has 1 atom stereocenters. The number of halogens is 3. The van der Waals surface area contributed by atoms with Gasteiger partial charge in [-0.05, 0) is 25.1 Å². The number of para-hydroxylation sites is 1. The van der Waals surface area contributed by atoms with Gasteiger partial charge in [0.05, 0.1) is 22.9 Å². The van der Waals surface area contributed by atoms with E-state index < -0.39 is 23.8 Å². The summed E-state index contributed by atoms with van der Waals surface area (Å²) in [6.45, 7) is 1.16. The first-order valence-electron chi connectivity index (χ1n) is 6.06. The zero-order chi connectivity index (χ0) is 14.8. The summed E-state index contributed by atoms with van der Waals surface area (Å²) in [7, 11) is 0. The van der Waals surface area contributed by atoms with Crippen molar-refractivity contribution in [1.82, 2.24) is 0 Å². The van der Waals surface area contributed by atoms with Crippen LogP contribution in [-0.2, 0) is 5.54 Å². The van der Waals surface area contributed by atoms with E-state index in [-0.39, 0.29) is 5.56 Å². The molecule has 0 saturated carbocycles. The minimum Gasteiger partial charge on any atom is -0.394 e. The Morgan fingerprint density at radius 1 is 1.15 bits per heavy atom. The van der Waals surface area contributed by atoms with E-state index in [2.05, 4.69) is 5.32 Å². The van der Waals surface area contributed by atoms with Gasteiger partial charge in [-0.3, -0.25) is 0 Å². The number of hydrogen-bond acceptors (Lipinski definition) is 2. The van der Waals surface area contributed by atoms with Crippen LogP contribution in [-0.4, -0.2) is 11.7 Å². The van der Waals surface area contributed by atoms with Crippen LogP contribution in [0.15, 0.2) is 42.5 Å². The molecule has 106 valence electrons. The Balaban J connectivity index is 2.44. The lowest BCUT2D eigenvalue weighted by Gasteiger charge is -2.31. The molecule has 0 saturated heterocycles. The van der Waals surface area contributed by atoms with Gasteiger partial charge in [0, 0.05) is 5.56 Å². The average molecular weight is 298 g/mol. The summed E-state index contributed by atoms with van der Waals surface area (Å²) in [5.74, 6) is -1.94. The van der Waals surface area contributed by atoms with Crippen molar-refractivity contribution >= 4 is 17.3 Å². The summed E-state index contributed by atoms with van der Waals surface area (Å²) in [6, 6.07) is 10.7. The van der Waals surface area contributed by atoms with Crippen LogP contribution in [0.4, 0.5) is 14.5 Å². The molecular formula is C15H14ClF2NO. The highest BCUT2D eigenvalue weighted by molar-refractivity contribution is 6.33. The van der Waals surface area contributed by atoms with Crippen molar-refractivity contribution in [3.63, 3.8) is 0 Å². The molecule has 0 aromatic heterocycles. The van der Waals surface area contributed by atoms with Crippen LogP contribution in [0.25, 0.3) is 0 Å².